The maximum absolute atomic E-state index is 10.6. The van der Waals surface area contributed by atoms with Crippen molar-refractivity contribution in [1.29, 1.82) is 0 Å². The van der Waals surface area contributed by atoms with Gasteiger partial charge in [0.1, 0.15) is 0 Å². The molecule has 0 aromatic heterocycles. The zero-order chi connectivity index (χ0) is 8.85. The Kier molecular flexibility index (Phi) is 3.95. The molecule has 0 heterocycles. The Morgan fingerprint density at radius 3 is 2.45 bits per heavy atom. The topological polar surface area (TPSA) is 69.4 Å². The van der Waals surface area contributed by atoms with E-state index in [-0.39, 0.29) is 6.42 Å². The van der Waals surface area contributed by atoms with Crippen LogP contribution in [0.3, 0.4) is 0 Å². The lowest BCUT2D eigenvalue weighted by atomic mass is 10.2. The van der Waals surface area contributed by atoms with Crippen molar-refractivity contribution in [2.45, 2.75) is 13.3 Å². The summed E-state index contributed by atoms with van der Waals surface area (Å²) in [6.07, 6.45) is 1.33. The molecule has 0 spiro atoms. The number of rotatable bonds is 3. The summed E-state index contributed by atoms with van der Waals surface area (Å²) in [5.74, 6) is -0.925. The summed E-state index contributed by atoms with van der Waals surface area (Å²) in [6.45, 7) is 1.64. The highest BCUT2D eigenvalue weighted by molar-refractivity contribution is 5.84. The van der Waals surface area contributed by atoms with E-state index in [1.807, 2.05) is 0 Å². The molecular formula is C7H11NO3. The van der Waals surface area contributed by atoms with E-state index in [1.165, 1.54) is 13.2 Å². The van der Waals surface area contributed by atoms with Crippen LogP contribution >= 0.6 is 0 Å². The summed E-state index contributed by atoms with van der Waals surface area (Å²) in [5.41, 5.74) is 5.48. The van der Waals surface area contributed by atoms with Gasteiger partial charge in [-0.2, -0.15) is 0 Å². The average Bonchev–Trinajstić information content (AvgIpc) is 1.85. The number of amides is 1. The summed E-state index contributed by atoms with van der Waals surface area (Å²) in [7, 11) is 1.27. The molecule has 0 aliphatic rings. The van der Waals surface area contributed by atoms with Gasteiger partial charge in [-0.1, -0.05) is 5.57 Å². The SMILES string of the molecule is COC(=O)C=C(C)CC(N)=O. The fraction of sp³-hybridized carbons (Fsp3) is 0.429. The van der Waals surface area contributed by atoms with Gasteiger partial charge in [-0.3, -0.25) is 4.79 Å². The fourth-order valence-electron chi connectivity index (χ4n) is 0.586. The molecule has 0 aromatic rings. The van der Waals surface area contributed by atoms with Crippen molar-refractivity contribution in [3.63, 3.8) is 0 Å². The zero-order valence-electron chi connectivity index (χ0n) is 6.59. The highest BCUT2D eigenvalue weighted by Crippen LogP contribution is 1.98. The van der Waals surface area contributed by atoms with Gasteiger partial charge in [0.05, 0.1) is 7.11 Å². The molecule has 0 radical (unpaired) electrons. The van der Waals surface area contributed by atoms with Crippen molar-refractivity contribution in [2.24, 2.45) is 5.73 Å². The van der Waals surface area contributed by atoms with Crippen LogP contribution in [0.4, 0.5) is 0 Å². The van der Waals surface area contributed by atoms with Crippen molar-refractivity contribution < 1.29 is 14.3 Å². The van der Waals surface area contributed by atoms with Gasteiger partial charge in [-0.05, 0) is 6.92 Å². The van der Waals surface area contributed by atoms with Crippen molar-refractivity contribution in [3.8, 4) is 0 Å². The molecule has 1 amide bonds. The van der Waals surface area contributed by atoms with E-state index in [9.17, 15) is 9.59 Å². The van der Waals surface area contributed by atoms with Gasteiger partial charge in [0.2, 0.25) is 5.91 Å². The van der Waals surface area contributed by atoms with Crippen LogP contribution in [0, 0.1) is 0 Å². The molecule has 0 aliphatic heterocycles. The highest BCUT2D eigenvalue weighted by atomic mass is 16.5. The van der Waals surface area contributed by atoms with Gasteiger partial charge in [0.25, 0.3) is 0 Å². The molecule has 0 saturated heterocycles. The summed E-state index contributed by atoms with van der Waals surface area (Å²) in [4.78, 5) is 20.9. The van der Waals surface area contributed by atoms with E-state index in [0.717, 1.165) is 0 Å². The number of ether oxygens (including phenoxy) is 1. The standard InChI is InChI=1S/C7H11NO3/c1-5(3-6(8)9)4-7(10)11-2/h4H,3H2,1-2H3,(H2,8,9). The minimum absolute atomic E-state index is 0.0924. The molecule has 0 fully saturated rings. The molecule has 2 N–H and O–H groups in total. The van der Waals surface area contributed by atoms with Crippen LogP contribution in [-0.4, -0.2) is 19.0 Å². The Bertz CT molecular complexity index is 196. The average molecular weight is 157 g/mol. The van der Waals surface area contributed by atoms with Gasteiger partial charge < -0.3 is 10.5 Å². The predicted octanol–water partition coefficient (Wildman–Crippen LogP) is -0.0189. The maximum Gasteiger partial charge on any atom is 0.330 e. The van der Waals surface area contributed by atoms with E-state index >= 15 is 0 Å². The molecule has 0 saturated carbocycles. The number of carbonyl (C=O) groups excluding carboxylic acids is 2. The molecule has 11 heavy (non-hydrogen) atoms. The number of hydrogen-bond donors (Lipinski definition) is 1. The normalized spacial score (nSPS) is 10.9. The molecule has 0 unspecified atom stereocenters. The second kappa shape index (κ2) is 4.49. The summed E-state index contributed by atoms with van der Waals surface area (Å²) >= 11 is 0. The molecule has 0 bridgehead atoms. The van der Waals surface area contributed by atoms with Gasteiger partial charge in [-0.15, -0.1) is 0 Å². The lowest BCUT2D eigenvalue weighted by Crippen LogP contribution is -2.11. The largest absolute Gasteiger partial charge is 0.466 e. The monoisotopic (exact) mass is 157 g/mol. The minimum atomic E-state index is -0.469. The van der Waals surface area contributed by atoms with E-state index in [0.29, 0.717) is 5.57 Å². The molecule has 4 nitrogen and oxygen atoms in total. The van der Waals surface area contributed by atoms with Crippen LogP contribution in [0.5, 0.6) is 0 Å². The Hall–Kier alpha value is -1.32. The third kappa shape index (κ3) is 5.14. The lowest BCUT2D eigenvalue weighted by Gasteiger charge is -1.95. The first-order valence-corrected chi connectivity index (χ1v) is 3.09. The van der Waals surface area contributed by atoms with Crippen molar-refractivity contribution in [2.75, 3.05) is 7.11 Å². The first kappa shape index (κ1) is 9.68. The van der Waals surface area contributed by atoms with Crippen LogP contribution in [0.25, 0.3) is 0 Å². The quantitative estimate of drug-likeness (QED) is 0.462. The lowest BCUT2D eigenvalue weighted by molar-refractivity contribution is -0.134. The van der Waals surface area contributed by atoms with Gasteiger partial charge in [-0.25, -0.2) is 4.79 Å². The van der Waals surface area contributed by atoms with Crippen LogP contribution in [0.1, 0.15) is 13.3 Å². The number of esters is 1. The summed E-state index contributed by atoms with van der Waals surface area (Å²) in [6, 6.07) is 0. The second-order valence-electron chi connectivity index (χ2n) is 2.16. The number of nitrogens with two attached hydrogens (primary N) is 1. The van der Waals surface area contributed by atoms with Crippen LogP contribution in [0.2, 0.25) is 0 Å². The molecule has 62 valence electrons. The molecule has 0 rings (SSSR count). The van der Waals surface area contributed by atoms with E-state index in [1.54, 1.807) is 6.92 Å². The minimum Gasteiger partial charge on any atom is -0.466 e. The number of hydrogen-bond acceptors (Lipinski definition) is 3. The van der Waals surface area contributed by atoms with Crippen molar-refractivity contribution >= 4 is 11.9 Å². The molecular weight excluding hydrogens is 146 g/mol. The maximum atomic E-state index is 10.6. The predicted molar refractivity (Wildman–Crippen MR) is 39.6 cm³/mol. The summed E-state index contributed by atoms with van der Waals surface area (Å²) in [5, 5.41) is 0. The van der Waals surface area contributed by atoms with E-state index in [4.69, 9.17) is 5.73 Å². The van der Waals surface area contributed by atoms with Crippen molar-refractivity contribution in [3.05, 3.63) is 11.6 Å². The fourth-order valence-corrected chi connectivity index (χ4v) is 0.586. The Labute approximate surface area is 65.0 Å². The van der Waals surface area contributed by atoms with Crippen molar-refractivity contribution in [1.82, 2.24) is 0 Å². The van der Waals surface area contributed by atoms with Crippen LogP contribution < -0.4 is 5.73 Å². The third-order valence-electron chi connectivity index (χ3n) is 1.02. The van der Waals surface area contributed by atoms with Crippen LogP contribution in [0.15, 0.2) is 11.6 Å². The number of primary amides is 1. The number of methoxy groups -OCH3 is 1. The van der Waals surface area contributed by atoms with Gasteiger partial charge in [0.15, 0.2) is 0 Å². The first-order valence-electron chi connectivity index (χ1n) is 3.09. The first-order chi connectivity index (χ1) is 5.06. The molecule has 4 heteroatoms. The number of carbonyl (C=O) groups is 2. The highest BCUT2D eigenvalue weighted by Gasteiger charge is 1.99. The Balaban J connectivity index is 4.00. The van der Waals surface area contributed by atoms with E-state index < -0.39 is 11.9 Å². The molecule has 0 atom stereocenters. The molecule has 0 aliphatic carbocycles. The Morgan fingerprint density at radius 2 is 2.09 bits per heavy atom. The van der Waals surface area contributed by atoms with E-state index in [2.05, 4.69) is 4.74 Å². The van der Waals surface area contributed by atoms with Crippen LogP contribution in [-0.2, 0) is 14.3 Å². The zero-order valence-corrected chi connectivity index (χ0v) is 6.59. The summed E-state index contributed by atoms with van der Waals surface area (Å²) < 4.78 is 4.33. The smallest absolute Gasteiger partial charge is 0.330 e. The molecule has 0 aromatic carbocycles. The second-order valence-corrected chi connectivity index (χ2v) is 2.16. The third-order valence-corrected chi connectivity index (χ3v) is 1.02. The Morgan fingerprint density at radius 1 is 1.55 bits per heavy atom. The van der Waals surface area contributed by atoms with Gasteiger partial charge >= 0.3 is 5.97 Å². The van der Waals surface area contributed by atoms with Gasteiger partial charge in [0, 0.05) is 12.5 Å².